The van der Waals surface area contributed by atoms with E-state index in [1.165, 1.54) is 35.0 Å². The first-order valence-electron chi connectivity index (χ1n) is 10.8. The number of hydrogen-bond acceptors (Lipinski definition) is 5. The number of carbonyl (C=O) groups is 2. The predicted octanol–water partition coefficient (Wildman–Crippen LogP) is 4.74. The van der Waals surface area contributed by atoms with Gasteiger partial charge in [0.1, 0.15) is 11.6 Å². The molecule has 4 rings (SSSR count). The molecule has 2 aromatic carbocycles. The quantitative estimate of drug-likeness (QED) is 0.321. The molecule has 0 saturated heterocycles. The van der Waals surface area contributed by atoms with Crippen LogP contribution in [-0.4, -0.2) is 44.3 Å². The third-order valence-electron chi connectivity index (χ3n) is 5.05. The zero-order valence-electron chi connectivity index (χ0n) is 18.9. The topological polar surface area (TPSA) is 109 Å². The van der Waals surface area contributed by atoms with Gasteiger partial charge in [0.05, 0.1) is 39.3 Å². The second-order valence-electron chi connectivity index (χ2n) is 7.85. The second kappa shape index (κ2) is 10.9. The summed E-state index contributed by atoms with van der Waals surface area (Å²) in [4.78, 5) is 29.8. The summed E-state index contributed by atoms with van der Waals surface area (Å²) < 4.78 is 14.7. The van der Waals surface area contributed by atoms with E-state index in [4.69, 9.17) is 23.2 Å². The van der Waals surface area contributed by atoms with Crippen LogP contribution in [0.4, 0.5) is 10.2 Å². The average Bonchev–Trinajstić information content (AvgIpc) is 3.27. The van der Waals surface area contributed by atoms with Crippen LogP contribution in [0.15, 0.2) is 66.9 Å². The molecule has 4 aromatic rings. The first-order valence-corrected chi connectivity index (χ1v) is 11.5. The maximum absolute atomic E-state index is 13.3. The lowest BCUT2D eigenvalue weighted by molar-refractivity contribution is 0.0918. The van der Waals surface area contributed by atoms with E-state index in [2.05, 4.69) is 20.7 Å². The first kappa shape index (κ1) is 25.3. The Hall–Kier alpha value is -3.79. The molecule has 36 heavy (non-hydrogen) atoms. The van der Waals surface area contributed by atoms with Crippen LogP contribution in [0, 0.1) is 5.82 Å². The van der Waals surface area contributed by atoms with Crippen molar-refractivity contribution in [1.29, 1.82) is 0 Å². The molecule has 0 unspecified atom stereocenters. The lowest BCUT2D eigenvalue weighted by Gasteiger charge is -2.12. The van der Waals surface area contributed by atoms with E-state index < -0.39 is 23.7 Å². The molecule has 8 nitrogen and oxygen atoms in total. The largest absolute Gasteiger partial charge is 0.392 e. The first-order chi connectivity index (χ1) is 17.2. The average molecular weight is 528 g/mol. The van der Waals surface area contributed by atoms with Crippen LogP contribution in [0.3, 0.4) is 0 Å². The molecule has 0 spiro atoms. The van der Waals surface area contributed by atoms with Crippen molar-refractivity contribution in [3.05, 3.63) is 94.0 Å². The van der Waals surface area contributed by atoms with E-state index in [1.54, 1.807) is 31.2 Å². The van der Waals surface area contributed by atoms with Crippen LogP contribution in [-0.2, 0) is 0 Å². The number of para-hydroxylation sites is 1. The summed E-state index contributed by atoms with van der Waals surface area (Å²) in [7, 11) is 0. The molecule has 0 fully saturated rings. The lowest BCUT2D eigenvalue weighted by Crippen LogP contribution is -2.30. The highest BCUT2D eigenvalue weighted by molar-refractivity contribution is 6.38. The van der Waals surface area contributed by atoms with Gasteiger partial charge in [0.25, 0.3) is 11.8 Å². The van der Waals surface area contributed by atoms with Crippen molar-refractivity contribution in [2.75, 3.05) is 11.9 Å². The number of benzene rings is 2. The van der Waals surface area contributed by atoms with Crippen LogP contribution >= 0.6 is 23.2 Å². The Kier molecular flexibility index (Phi) is 7.64. The number of pyridine rings is 1. The number of aromatic nitrogens is 3. The van der Waals surface area contributed by atoms with Crippen molar-refractivity contribution < 1.29 is 19.1 Å². The minimum Gasteiger partial charge on any atom is -0.392 e. The number of amides is 2. The third-order valence-corrected chi connectivity index (χ3v) is 5.67. The Labute approximate surface area is 215 Å². The molecule has 2 amide bonds. The summed E-state index contributed by atoms with van der Waals surface area (Å²) in [6.45, 7) is 1.58. The zero-order valence-corrected chi connectivity index (χ0v) is 20.4. The van der Waals surface area contributed by atoms with Crippen molar-refractivity contribution in [1.82, 2.24) is 20.1 Å². The molecular formula is C25H20Cl2FN5O3. The number of nitrogens with zero attached hydrogens (tertiary/aromatic N) is 3. The minimum atomic E-state index is -0.735. The molecule has 0 radical (unpaired) electrons. The molecule has 184 valence electrons. The molecule has 0 aliphatic heterocycles. The Morgan fingerprint density at radius 1 is 1.06 bits per heavy atom. The Morgan fingerprint density at radius 2 is 1.81 bits per heavy atom. The fourth-order valence-corrected chi connectivity index (χ4v) is 3.88. The minimum absolute atomic E-state index is 0.0354. The van der Waals surface area contributed by atoms with Gasteiger partial charge in [0.2, 0.25) is 0 Å². The monoisotopic (exact) mass is 527 g/mol. The molecule has 2 heterocycles. The van der Waals surface area contributed by atoms with Crippen LogP contribution in [0.5, 0.6) is 0 Å². The normalized spacial score (nSPS) is 11.7. The van der Waals surface area contributed by atoms with Crippen LogP contribution in [0.2, 0.25) is 10.0 Å². The molecule has 0 aliphatic carbocycles. The van der Waals surface area contributed by atoms with Crippen molar-refractivity contribution in [2.45, 2.75) is 13.0 Å². The van der Waals surface area contributed by atoms with Gasteiger partial charge in [-0.3, -0.25) is 14.6 Å². The van der Waals surface area contributed by atoms with E-state index in [-0.39, 0.29) is 33.7 Å². The highest BCUT2D eigenvalue weighted by Crippen LogP contribution is 2.32. The van der Waals surface area contributed by atoms with Crippen LogP contribution in [0.1, 0.15) is 27.8 Å². The van der Waals surface area contributed by atoms with Gasteiger partial charge >= 0.3 is 0 Å². The summed E-state index contributed by atoms with van der Waals surface area (Å²) >= 11 is 12.6. The van der Waals surface area contributed by atoms with Crippen LogP contribution in [0.25, 0.3) is 16.9 Å². The number of aliphatic hydroxyl groups is 1. The van der Waals surface area contributed by atoms with E-state index in [0.29, 0.717) is 16.9 Å². The number of aliphatic hydroxyl groups excluding tert-OH is 1. The third kappa shape index (κ3) is 5.71. The molecule has 1 atom stereocenters. The van der Waals surface area contributed by atoms with Crippen molar-refractivity contribution >= 4 is 40.8 Å². The number of anilines is 1. The van der Waals surface area contributed by atoms with Crippen molar-refractivity contribution in [3.8, 4) is 16.9 Å². The number of hydrogen-bond donors (Lipinski definition) is 3. The fraction of sp³-hybridized carbons (Fsp3) is 0.120. The number of nitrogens with one attached hydrogen (secondary N) is 2. The highest BCUT2D eigenvalue weighted by atomic mass is 35.5. The Balaban J connectivity index is 1.69. The van der Waals surface area contributed by atoms with Gasteiger partial charge < -0.3 is 15.7 Å². The molecule has 2 aromatic heterocycles. The lowest BCUT2D eigenvalue weighted by atomic mass is 10.1. The summed E-state index contributed by atoms with van der Waals surface area (Å²) in [5.41, 5.74) is 1.47. The van der Waals surface area contributed by atoms with Gasteiger partial charge in [-0.15, -0.1) is 0 Å². The smallest absolute Gasteiger partial charge is 0.271 e. The van der Waals surface area contributed by atoms with E-state index in [1.807, 2.05) is 6.07 Å². The van der Waals surface area contributed by atoms with Gasteiger partial charge in [-0.1, -0.05) is 41.4 Å². The van der Waals surface area contributed by atoms with Crippen molar-refractivity contribution in [2.24, 2.45) is 0 Å². The summed E-state index contributed by atoms with van der Waals surface area (Å²) in [5.74, 6) is -1.41. The summed E-state index contributed by atoms with van der Waals surface area (Å²) in [5, 5.41) is 19.4. The van der Waals surface area contributed by atoms with Gasteiger partial charge in [0, 0.05) is 18.2 Å². The highest BCUT2D eigenvalue weighted by Gasteiger charge is 2.21. The number of rotatable bonds is 7. The van der Waals surface area contributed by atoms with Gasteiger partial charge in [-0.05, 0) is 43.3 Å². The molecule has 0 aliphatic rings. The molecule has 3 N–H and O–H groups in total. The van der Waals surface area contributed by atoms with Gasteiger partial charge in [-0.2, -0.15) is 5.10 Å². The van der Waals surface area contributed by atoms with Gasteiger partial charge in [-0.25, -0.2) is 9.07 Å². The Bertz CT molecular complexity index is 1410. The molecule has 0 saturated carbocycles. The van der Waals surface area contributed by atoms with E-state index in [9.17, 15) is 19.1 Å². The molecule has 11 heteroatoms. The molecule has 0 bridgehead atoms. The zero-order chi connectivity index (χ0) is 25.8. The fourth-order valence-electron chi connectivity index (χ4n) is 3.32. The number of halogens is 3. The van der Waals surface area contributed by atoms with Crippen molar-refractivity contribution in [3.63, 3.8) is 0 Å². The van der Waals surface area contributed by atoms with E-state index >= 15 is 0 Å². The maximum atomic E-state index is 13.3. The van der Waals surface area contributed by atoms with Crippen LogP contribution < -0.4 is 10.6 Å². The maximum Gasteiger partial charge on any atom is 0.271 e. The summed E-state index contributed by atoms with van der Waals surface area (Å²) in [6.07, 6.45) is 0.309. The number of carbonyl (C=O) groups excluding carboxylic acids is 2. The van der Waals surface area contributed by atoms with E-state index in [0.717, 1.165) is 6.20 Å². The summed E-state index contributed by atoms with van der Waals surface area (Å²) in [6, 6.07) is 15.9. The molecular weight excluding hydrogens is 508 g/mol. The standard InChI is InChI=1S/C25H20Cl2FN5O3/c1-14(34)12-30-25(36)22-11-23(33(32-22)16-5-3-2-4-6-16)31-24(35)18-9-17(19(26)10-20(18)27)21-8-7-15(28)13-29-21/h2-11,13-14,34H,12H2,1H3,(H,30,36)(H,31,35)/t14-/m1/s1. The second-order valence-corrected chi connectivity index (χ2v) is 8.66. The SMILES string of the molecule is C[C@@H](O)CNC(=O)c1cc(NC(=O)c2cc(-c3ccc(F)cn3)c(Cl)cc2Cl)n(-c2ccccc2)n1. The Morgan fingerprint density at radius 3 is 2.47 bits per heavy atom. The predicted molar refractivity (Wildman–Crippen MR) is 135 cm³/mol. The van der Waals surface area contributed by atoms with Gasteiger partial charge in [0.15, 0.2) is 5.69 Å².